The lowest BCUT2D eigenvalue weighted by atomic mass is 10.1. The fraction of sp³-hybridized carbons (Fsp3) is 0.133. The van der Waals surface area contributed by atoms with Crippen LogP contribution in [0.2, 0.25) is 10.0 Å². The number of nitrogen functional groups attached to an aromatic ring is 1. The van der Waals surface area contributed by atoms with Crippen molar-refractivity contribution in [2.75, 3.05) is 5.73 Å². The summed E-state index contributed by atoms with van der Waals surface area (Å²) in [5.41, 5.74) is 7.48. The zero-order chi connectivity index (χ0) is 14.7. The third-order valence-electron chi connectivity index (χ3n) is 2.98. The number of rotatable bonds is 3. The highest BCUT2D eigenvalue weighted by atomic mass is 35.5. The van der Waals surface area contributed by atoms with Crippen LogP contribution in [-0.4, -0.2) is 5.91 Å². The third kappa shape index (κ3) is 3.24. The molecular formula is C15H14Cl2N2O. The van der Waals surface area contributed by atoms with Gasteiger partial charge in [0.05, 0.1) is 11.6 Å². The molecule has 0 aliphatic carbocycles. The van der Waals surface area contributed by atoms with E-state index in [9.17, 15) is 4.79 Å². The molecule has 3 nitrogen and oxygen atoms in total. The summed E-state index contributed by atoms with van der Waals surface area (Å²) in [6.07, 6.45) is 0. The molecule has 20 heavy (non-hydrogen) atoms. The first-order valence-electron chi connectivity index (χ1n) is 6.09. The van der Waals surface area contributed by atoms with Crippen molar-refractivity contribution < 1.29 is 4.79 Å². The van der Waals surface area contributed by atoms with Crippen molar-refractivity contribution in [3.05, 3.63) is 63.6 Å². The molecule has 0 bridgehead atoms. The number of halogens is 2. The van der Waals surface area contributed by atoms with Gasteiger partial charge in [0.1, 0.15) is 0 Å². The van der Waals surface area contributed by atoms with Gasteiger partial charge in [-0.1, -0.05) is 41.4 Å². The molecule has 0 aromatic heterocycles. The maximum Gasteiger partial charge on any atom is 0.253 e. The van der Waals surface area contributed by atoms with Gasteiger partial charge >= 0.3 is 0 Å². The molecule has 2 aromatic rings. The number of anilines is 1. The Morgan fingerprint density at radius 1 is 1.20 bits per heavy atom. The molecule has 0 heterocycles. The number of carbonyl (C=O) groups is 1. The largest absolute Gasteiger partial charge is 0.398 e. The third-order valence-corrected chi connectivity index (χ3v) is 3.54. The molecule has 0 saturated heterocycles. The second-order valence-corrected chi connectivity index (χ2v) is 5.29. The fourth-order valence-corrected chi connectivity index (χ4v) is 2.48. The Kier molecular flexibility index (Phi) is 4.53. The molecule has 0 aliphatic rings. The van der Waals surface area contributed by atoms with Crippen molar-refractivity contribution in [3.8, 4) is 0 Å². The standard InChI is InChI=1S/C15H14Cl2N2O/c1-9(11-7-6-10(16)8-13(11)17)19-15(20)12-4-2-3-5-14(12)18/h2-9H,18H2,1H3,(H,19,20). The lowest BCUT2D eigenvalue weighted by Gasteiger charge is -2.16. The van der Waals surface area contributed by atoms with E-state index in [0.29, 0.717) is 21.3 Å². The van der Waals surface area contributed by atoms with Gasteiger partial charge in [0.2, 0.25) is 0 Å². The van der Waals surface area contributed by atoms with E-state index in [1.165, 1.54) is 0 Å². The van der Waals surface area contributed by atoms with Crippen LogP contribution >= 0.6 is 23.2 Å². The zero-order valence-electron chi connectivity index (χ0n) is 10.9. The van der Waals surface area contributed by atoms with Crippen molar-refractivity contribution in [2.24, 2.45) is 0 Å². The molecular weight excluding hydrogens is 295 g/mol. The highest BCUT2D eigenvalue weighted by Crippen LogP contribution is 2.26. The summed E-state index contributed by atoms with van der Waals surface area (Å²) >= 11 is 12.0. The van der Waals surface area contributed by atoms with Gasteiger partial charge < -0.3 is 11.1 Å². The van der Waals surface area contributed by atoms with Crippen LogP contribution in [0, 0.1) is 0 Å². The smallest absolute Gasteiger partial charge is 0.253 e. The van der Waals surface area contributed by atoms with Crippen molar-refractivity contribution in [1.82, 2.24) is 5.32 Å². The Bertz CT molecular complexity index is 644. The first-order valence-corrected chi connectivity index (χ1v) is 6.85. The van der Waals surface area contributed by atoms with Crippen LogP contribution in [0.3, 0.4) is 0 Å². The van der Waals surface area contributed by atoms with Gasteiger partial charge in [0.15, 0.2) is 0 Å². The lowest BCUT2D eigenvalue weighted by molar-refractivity contribution is 0.0941. The quantitative estimate of drug-likeness (QED) is 0.840. The molecule has 1 amide bonds. The number of carbonyl (C=O) groups excluding carboxylic acids is 1. The molecule has 5 heteroatoms. The van der Waals surface area contributed by atoms with Gasteiger partial charge in [0, 0.05) is 15.7 Å². The van der Waals surface area contributed by atoms with E-state index in [-0.39, 0.29) is 11.9 Å². The van der Waals surface area contributed by atoms with E-state index >= 15 is 0 Å². The second kappa shape index (κ2) is 6.16. The number of hydrogen-bond donors (Lipinski definition) is 2. The van der Waals surface area contributed by atoms with Crippen LogP contribution in [-0.2, 0) is 0 Å². The number of nitrogens with two attached hydrogens (primary N) is 1. The van der Waals surface area contributed by atoms with Gasteiger partial charge in [0.25, 0.3) is 5.91 Å². The number of hydrogen-bond acceptors (Lipinski definition) is 2. The van der Waals surface area contributed by atoms with Crippen LogP contribution in [0.5, 0.6) is 0 Å². The average Bonchev–Trinajstić information content (AvgIpc) is 2.38. The molecule has 2 rings (SSSR count). The van der Waals surface area contributed by atoms with E-state index in [1.807, 2.05) is 6.92 Å². The van der Waals surface area contributed by atoms with Gasteiger partial charge in [-0.25, -0.2) is 0 Å². The van der Waals surface area contributed by atoms with Crippen LogP contribution in [0.15, 0.2) is 42.5 Å². The molecule has 2 aromatic carbocycles. The van der Waals surface area contributed by atoms with Crippen molar-refractivity contribution in [3.63, 3.8) is 0 Å². The van der Waals surface area contributed by atoms with Gasteiger partial charge in [-0.2, -0.15) is 0 Å². The normalized spacial score (nSPS) is 11.9. The Labute approximate surface area is 127 Å². The number of amides is 1. The molecule has 104 valence electrons. The maximum atomic E-state index is 12.2. The van der Waals surface area contributed by atoms with Crippen LogP contribution in [0.1, 0.15) is 28.9 Å². The SMILES string of the molecule is CC(NC(=O)c1ccccc1N)c1ccc(Cl)cc1Cl. The van der Waals surface area contributed by atoms with Crippen molar-refractivity contribution in [2.45, 2.75) is 13.0 Å². The Morgan fingerprint density at radius 3 is 2.55 bits per heavy atom. The molecule has 0 aliphatic heterocycles. The van der Waals surface area contributed by atoms with E-state index in [2.05, 4.69) is 5.32 Å². The van der Waals surface area contributed by atoms with Gasteiger partial charge in [-0.05, 0) is 36.8 Å². The van der Waals surface area contributed by atoms with E-state index in [1.54, 1.807) is 42.5 Å². The predicted octanol–water partition coefficient (Wildman–Crippen LogP) is 4.07. The van der Waals surface area contributed by atoms with Crippen molar-refractivity contribution >= 4 is 34.8 Å². The molecule has 0 saturated carbocycles. The summed E-state index contributed by atoms with van der Waals surface area (Å²) in [7, 11) is 0. The summed E-state index contributed by atoms with van der Waals surface area (Å²) in [6, 6.07) is 11.9. The first-order chi connectivity index (χ1) is 9.49. The number of benzene rings is 2. The summed E-state index contributed by atoms with van der Waals surface area (Å²) < 4.78 is 0. The molecule has 3 N–H and O–H groups in total. The van der Waals surface area contributed by atoms with E-state index < -0.39 is 0 Å². The van der Waals surface area contributed by atoms with Crippen LogP contribution < -0.4 is 11.1 Å². The second-order valence-electron chi connectivity index (χ2n) is 4.45. The number of nitrogens with one attached hydrogen (secondary N) is 1. The Morgan fingerprint density at radius 2 is 1.90 bits per heavy atom. The molecule has 0 fully saturated rings. The van der Waals surface area contributed by atoms with Crippen LogP contribution in [0.4, 0.5) is 5.69 Å². The predicted molar refractivity (Wildman–Crippen MR) is 83.2 cm³/mol. The summed E-state index contributed by atoms with van der Waals surface area (Å²) in [6.45, 7) is 1.85. The topological polar surface area (TPSA) is 55.1 Å². The minimum absolute atomic E-state index is 0.235. The fourth-order valence-electron chi connectivity index (χ4n) is 1.91. The lowest BCUT2D eigenvalue weighted by Crippen LogP contribution is -2.27. The summed E-state index contributed by atoms with van der Waals surface area (Å²) in [4.78, 5) is 12.2. The number of para-hydroxylation sites is 1. The zero-order valence-corrected chi connectivity index (χ0v) is 12.4. The maximum absolute atomic E-state index is 12.2. The first kappa shape index (κ1) is 14.7. The Hall–Kier alpha value is -1.71. The molecule has 1 unspecified atom stereocenters. The van der Waals surface area contributed by atoms with Gasteiger partial charge in [-0.3, -0.25) is 4.79 Å². The highest BCUT2D eigenvalue weighted by molar-refractivity contribution is 6.35. The van der Waals surface area contributed by atoms with E-state index in [0.717, 1.165) is 5.56 Å². The Balaban J connectivity index is 2.17. The van der Waals surface area contributed by atoms with E-state index in [4.69, 9.17) is 28.9 Å². The average molecular weight is 309 g/mol. The van der Waals surface area contributed by atoms with Gasteiger partial charge in [-0.15, -0.1) is 0 Å². The van der Waals surface area contributed by atoms with Crippen molar-refractivity contribution in [1.29, 1.82) is 0 Å². The monoisotopic (exact) mass is 308 g/mol. The molecule has 1 atom stereocenters. The molecule has 0 spiro atoms. The minimum atomic E-state index is -0.244. The van der Waals surface area contributed by atoms with Crippen LogP contribution in [0.25, 0.3) is 0 Å². The summed E-state index contributed by atoms with van der Waals surface area (Å²) in [5, 5.41) is 3.95. The summed E-state index contributed by atoms with van der Waals surface area (Å²) in [5.74, 6) is -0.235. The highest BCUT2D eigenvalue weighted by Gasteiger charge is 2.15. The minimum Gasteiger partial charge on any atom is -0.398 e. The molecule has 0 radical (unpaired) electrons.